The molecule has 1 aromatic rings. The molecule has 0 saturated carbocycles. The maximum Gasteiger partial charge on any atom is 0.341 e. The molecule has 1 aromatic carbocycles. The van der Waals surface area contributed by atoms with Gasteiger partial charge in [-0.2, -0.15) is 0 Å². The van der Waals surface area contributed by atoms with Crippen LogP contribution in [0, 0.1) is 0 Å². The summed E-state index contributed by atoms with van der Waals surface area (Å²) in [6.45, 7) is 0. The largest absolute Gasteiger partial charge is 0.508 e. The van der Waals surface area contributed by atoms with E-state index >= 15 is 0 Å². The molecule has 0 saturated heterocycles. The quantitative estimate of drug-likeness (QED) is 0.552. The second-order valence-corrected chi connectivity index (χ2v) is 2.53. The van der Waals surface area contributed by atoms with Gasteiger partial charge in [-0.1, -0.05) is 0 Å². The van der Waals surface area contributed by atoms with Gasteiger partial charge >= 0.3 is 5.97 Å². The Hall–Kier alpha value is -1.55. The molecule has 4 heteroatoms. The summed E-state index contributed by atoms with van der Waals surface area (Å²) in [4.78, 5) is 10.9. The van der Waals surface area contributed by atoms with Crippen LogP contribution in [-0.2, 0) is 4.74 Å². The fourth-order valence-corrected chi connectivity index (χ4v) is 1.17. The molecule has 1 unspecified atom stereocenters. The monoisotopic (exact) mass is 166 g/mol. The molecule has 2 N–H and O–H groups in total. The van der Waals surface area contributed by atoms with Gasteiger partial charge in [0.1, 0.15) is 5.75 Å². The zero-order valence-electron chi connectivity index (χ0n) is 6.02. The van der Waals surface area contributed by atoms with Crippen LogP contribution in [0.25, 0.3) is 0 Å². The fraction of sp³-hybridized carbons (Fsp3) is 0.125. The van der Waals surface area contributed by atoms with Crippen molar-refractivity contribution in [2.24, 2.45) is 0 Å². The van der Waals surface area contributed by atoms with Crippen molar-refractivity contribution in [3.8, 4) is 5.75 Å². The van der Waals surface area contributed by atoms with E-state index in [1.807, 2.05) is 0 Å². The van der Waals surface area contributed by atoms with Crippen LogP contribution in [-0.4, -0.2) is 16.2 Å². The van der Waals surface area contributed by atoms with Gasteiger partial charge in [-0.05, 0) is 18.2 Å². The highest BCUT2D eigenvalue weighted by Crippen LogP contribution is 2.30. The lowest BCUT2D eigenvalue weighted by Gasteiger charge is -2.00. The van der Waals surface area contributed by atoms with Gasteiger partial charge in [0.2, 0.25) is 6.29 Å². The number of hydrogen-bond donors (Lipinski definition) is 2. The van der Waals surface area contributed by atoms with Crippen LogP contribution < -0.4 is 0 Å². The first-order chi connectivity index (χ1) is 5.68. The normalized spacial score (nSPS) is 20.4. The summed E-state index contributed by atoms with van der Waals surface area (Å²) in [5, 5.41) is 18.1. The number of phenolic OH excluding ortho intramolecular Hbond substituents is 1. The van der Waals surface area contributed by atoms with E-state index in [1.165, 1.54) is 18.2 Å². The highest BCUT2D eigenvalue weighted by atomic mass is 16.6. The summed E-state index contributed by atoms with van der Waals surface area (Å²) >= 11 is 0. The SMILES string of the molecule is O=C1OC(O)c2cc(O)ccc21. The van der Waals surface area contributed by atoms with Crippen LogP contribution in [0.4, 0.5) is 0 Å². The molecule has 0 bridgehead atoms. The molecule has 1 aliphatic rings. The third-order valence-corrected chi connectivity index (χ3v) is 1.74. The summed E-state index contributed by atoms with van der Waals surface area (Å²) in [5.41, 5.74) is 0.625. The number of aliphatic hydroxyl groups is 1. The lowest BCUT2D eigenvalue weighted by Crippen LogP contribution is -1.95. The number of carbonyl (C=O) groups is 1. The van der Waals surface area contributed by atoms with Crippen LogP contribution in [0.5, 0.6) is 5.75 Å². The first-order valence-corrected chi connectivity index (χ1v) is 3.40. The highest BCUT2D eigenvalue weighted by Gasteiger charge is 2.29. The molecule has 4 nitrogen and oxygen atoms in total. The Morgan fingerprint density at radius 1 is 1.42 bits per heavy atom. The Balaban J connectivity index is 2.60. The van der Waals surface area contributed by atoms with E-state index in [4.69, 9.17) is 10.2 Å². The standard InChI is InChI=1S/C8H6O4/c9-4-1-2-5-6(3-4)8(11)12-7(5)10/h1-3,8-9,11H. The van der Waals surface area contributed by atoms with Crippen LogP contribution in [0.1, 0.15) is 22.2 Å². The number of rotatable bonds is 0. The van der Waals surface area contributed by atoms with E-state index in [0.29, 0.717) is 11.1 Å². The number of fused-ring (bicyclic) bond motifs is 1. The zero-order chi connectivity index (χ0) is 8.72. The van der Waals surface area contributed by atoms with Crippen LogP contribution in [0.15, 0.2) is 18.2 Å². The van der Waals surface area contributed by atoms with Crippen molar-refractivity contribution in [3.63, 3.8) is 0 Å². The van der Waals surface area contributed by atoms with Gasteiger partial charge in [0.15, 0.2) is 0 Å². The maximum absolute atomic E-state index is 10.9. The average Bonchev–Trinajstić information content (AvgIpc) is 2.28. The summed E-state index contributed by atoms with van der Waals surface area (Å²) in [6, 6.07) is 4.10. The number of ether oxygens (including phenoxy) is 1. The van der Waals surface area contributed by atoms with Crippen molar-refractivity contribution in [1.29, 1.82) is 0 Å². The smallest absolute Gasteiger partial charge is 0.341 e. The molecule has 0 fully saturated rings. The van der Waals surface area contributed by atoms with Crippen molar-refractivity contribution in [2.45, 2.75) is 6.29 Å². The minimum Gasteiger partial charge on any atom is -0.508 e. The third kappa shape index (κ3) is 0.853. The molecular formula is C8H6O4. The average molecular weight is 166 g/mol. The Kier molecular flexibility index (Phi) is 1.31. The lowest BCUT2D eigenvalue weighted by molar-refractivity contribution is -0.0548. The van der Waals surface area contributed by atoms with Crippen LogP contribution in [0.3, 0.4) is 0 Å². The molecule has 0 radical (unpaired) electrons. The molecule has 0 aromatic heterocycles. The summed E-state index contributed by atoms with van der Waals surface area (Å²) in [7, 11) is 0. The summed E-state index contributed by atoms with van der Waals surface area (Å²) in [5.74, 6) is -0.552. The maximum atomic E-state index is 10.9. The Bertz CT molecular complexity index is 345. The van der Waals surface area contributed by atoms with E-state index in [0.717, 1.165) is 0 Å². The first-order valence-electron chi connectivity index (χ1n) is 3.40. The third-order valence-electron chi connectivity index (χ3n) is 1.74. The second kappa shape index (κ2) is 2.22. The van der Waals surface area contributed by atoms with Crippen LogP contribution >= 0.6 is 0 Å². The molecule has 1 aliphatic heterocycles. The molecule has 62 valence electrons. The van der Waals surface area contributed by atoms with Crippen molar-refractivity contribution >= 4 is 5.97 Å². The molecule has 1 heterocycles. The van der Waals surface area contributed by atoms with E-state index in [1.54, 1.807) is 0 Å². The number of esters is 1. The van der Waals surface area contributed by atoms with Gasteiger partial charge in [0.05, 0.1) is 5.56 Å². The first kappa shape index (κ1) is 7.12. The van der Waals surface area contributed by atoms with E-state index in [9.17, 15) is 4.79 Å². The van der Waals surface area contributed by atoms with Gasteiger partial charge in [0.25, 0.3) is 0 Å². The molecule has 0 amide bonds. The number of benzene rings is 1. The van der Waals surface area contributed by atoms with E-state index < -0.39 is 12.3 Å². The second-order valence-electron chi connectivity index (χ2n) is 2.53. The summed E-state index contributed by atoms with van der Waals surface area (Å²) in [6.07, 6.45) is -1.24. The van der Waals surface area contributed by atoms with E-state index in [2.05, 4.69) is 4.74 Å². The highest BCUT2D eigenvalue weighted by molar-refractivity contribution is 5.93. The van der Waals surface area contributed by atoms with Crippen LogP contribution in [0.2, 0.25) is 0 Å². The van der Waals surface area contributed by atoms with Crippen molar-refractivity contribution in [2.75, 3.05) is 0 Å². The zero-order valence-corrected chi connectivity index (χ0v) is 6.02. The van der Waals surface area contributed by atoms with Crippen molar-refractivity contribution < 1.29 is 19.7 Å². The molecule has 2 rings (SSSR count). The minimum atomic E-state index is -1.24. The number of aromatic hydroxyl groups is 1. The minimum absolute atomic E-state index is 0.00565. The number of carbonyl (C=O) groups excluding carboxylic acids is 1. The van der Waals surface area contributed by atoms with Crippen molar-refractivity contribution in [1.82, 2.24) is 0 Å². The van der Waals surface area contributed by atoms with Gasteiger partial charge in [-0.15, -0.1) is 0 Å². The van der Waals surface area contributed by atoms with Gasteiger partial charge in [0, 0.05) is 5.56 Å². The Morgan fingerprint density at radius 3 is 2.92 bits per heavy atom. The predicted octanol–water partition coefficient (Wildman–Crippen LogP) is 0.553. The molecule has 0 aliphatic carbocycles. The number of phenols is 1. The molecular weight excluding hydrogens is 160 g/mol. The summed E-state index contributed by atoms with van der Waals surface area (Å²) < 4.78 is 4.49. The Morgan fingerprint density at radius 2 is 2.17 bits per heavy atom. The topological polar surface area (TPSA) is 66.8 Å². The van der Waals surface area contributed by atoms with E-state index in [-0.39, 0.29) is 5.75 Å². The van der Waals surface area contributed by atoms with Gasteiger partial charge in [-0.3, -0.25) is 0 Å². The van der Waals surface area contributed by atoms with Gasteiger partial charge in [-0.25, -0.2) is 4.79 Å². The predicted molar refractivity (Wildman–Crippen MR) is 38.5 cm³/mol. The molecule has 12 heavy (non-hydrogen) atoms. The fourth-order valence-electron chi connectivity index (χ4n) is 1.17. The number of hydrogen-bond acceptors (Lipinski definition) is 4. The molecule has 1 atom stereocenters. The van der Waals surface area contributed by atoms with Gasteiger partial charge < -0.3 is 14.9 Å². The number of cyclic esters (lactones) is 1. The molecule has 0 spiro atoms. The Labute approximate surface area is 68.0 Å². The number of aliphatic hydroxyl groups excluding tert-OH is 1. The van der Waals surface area contributed by atoms with Crippen molar-refractivity contribution in [3.05, 3.63) is 29.3 Å². The lowest BCUT2D eigenvalue weighted by atomic mass is 10.1.